The van der Waals surface area contributed by atoms with Crippen LogP contribution in [0.1, 0.15) is 96.8 Å². The molecule has 128 valence electrons. The Morgan fingerprint density at radius 1 is 0.727 bits per heavy atom. The topological polar surface area (TPSA) is 37.3 Å². The van der Waals surface area contributed by atoms with Gasteiger partial charge in [-0.3, -0.25) is 4.79 Å². The van der Waals surface area contributed by atoms with Crippen LogP contribution in [0.15, 0.2) is 24.3 Å². The van der Waals surface area contributed by atoms with Gasteiger partial charge in [0.25, 0.3) is 0 Å². The zero-order valence-electron chi connectivity index (χ0n) is 14.6. The van der Waals surface area contributed by atoms with Gasteiger partial charge in [-0.15, -0.1) is 0 Å². The van der Waals surface area contributed by atoms with Crippen LogP contribution < -0.4 is 0 Å². The number of aliphatic carboxylic acids is 1. The normalized spacial score (nSPS) is 11.7. The van der Waals surface area contributed by atoms with Gasteiger partial charge in [-0.1, -0.05) is 82.6 Å². The van der Waals surface area contributed by atoms with Crippen LogP contribution >= 0.6 is 0 Å². The highest BCUT2D eigenvalue weighted by Gasteiger charge is 1.93. The molecule has 0 spiro atoms. The molecule has 0 radical (unpaired) electrons. The Hall–Kier alpha value is -1.05. The molecule has 0 aliphatic carbocycles. The second-order valence-corrected chi connectivity index (χ2v) is 6.08. The van der Waals surface area contributed by atoms with Gasteiger partial charge in [0.15, 0.2) is 0 Å². The molecule has 2 nitrogen and oxygen atoms in total. The maximum absolute atomic E-state index is 10.3. The quantitative estimate of drug-likeness (QED) is 0.255. The third-order valence-corrected chi connectivity index (χ3v) is 3.84. The SMILES string of the molecule is CCCCCCCCCCC/C=C/C/C=C/CCCC(=O)O. The average molecular weight is 309 g/mol. The Labute approximate surface area is 137 Å². The van der Waals surface area contributed by atoms with E-state index in [0.29, 0.717) is 0 Å². The van der Waals surface area contributed by atoms with E-state index in [2.05, 4.69) is 31.2 Å². The molecule has 0 aromatic rings. The number of carboxylic acids is 1. The van der Waals surface area contributed by atoms with Crippen molar-refractivity contribution in [3.8, 4) is 0 Å². The number of rotatable bonds is 16. The summed E-state index contributed by atoms with van der Waals surface area (Å²) in [5.41, 5.74) is 0. The van der Waals surface area contributed by atoms with Gasteiger partial charge >= 0.3 is 5.97 Å². The fourth-order valence-corrected chi connectivity index (χ4v) is 2.45. The molecule has 0 amide bonds. The van der Waals surface area contributed by atoms with E-state index in [1.165, 1.54) is 64.2 Å². The number of allylic oxidation sites excluding steroid dienone is 4. The maximum atomic E-state index is 10.3. The van der Waals surface area contributed by atoms with Crippen LogP contribution in [-0.4, -0.2) is 11.1 Å². The highest BCUT2D eigenvalue weighted by molar-refractivity contribution is 5.66. The van der Waals surface area contributed by atoms with Gasteiger partial charge in [0.05, 0.1) is 0 Å². The monoisotopic (exact) mass is 308 g/mol. The molecule has 2 heteroatoms. The fraction of sp³-hybridized carbons (Fsp3) is 0.750. The van der Waals surface area contributed by atoms with Crippen LogP contribution in [0.2, 0.25) is 0 Å². The number of carboxylic acid groups (broad SMARTS) is 1. The van der Waals surface area contributed by atoms with E-state index in [-0.39, 0.29) is 6.42 Å². The molecule has 0 aromatic heterocycles. The summed E-state index contributed by atoms with van der Waals surface area (Å²) < 4.78 is 0. The van der Waals surface area contributed by atoms with E-state index in [9.17, 15) is 4.79 Å². The lowest BCUT2D eigenvalue weighted by molar-refractivity contribution is -0.137. The van der Waals surface area contributed by atoms with Gasteiger partial charge in [-0.25, -0.2) is 0 Å². The van der Waals surface area contributed by atoms with Crippen molar-refractivity contribution in [1.82, 2.24) is 0 Å². The molecular weight excluding hydrogens is 272 g/mol. The van der Waals surface area contributed by atoms with Gasteiger partial charge in [-0.2, -0.15) is 0 Å². The lowest BCUT2D eigenvalue weighted by Gasteiger charge is -2.00. The molecule has 0 aliphatic heterocycles. The number of unbranched alkanes of at least 4 members (excludes halogenated alkanes) is 10. The van der Waals surface area contributed by atoms with Crippen molar-refractivity contribution < 1.29 is 9.90 Å². The summed E-state index contributed by atoms with van der Waals surface area (Å²) in [6.45, 7) is 2.27. The van der Waals surface area contributed by atoms with Gasteiger partial charge in [-0.05, 0) is 32.1 Å². The summed E-state index contributed by atoms with van der Waals surface area (Å²) in [5, 5.41) is 8.50. The summed E-state index contributed by atoms with van der Waals surface area (Å²) >= 11 is 0. The molecule has 0 saturated carbocycles. The molecule has 0 unspecified atom stereocenters. The summed E-state index contributed by atoms with van der Waals surface area (Å²) in [6, 6.07) is 0. The summed E-state index contributed by atoms with van der Waals surface area (Å²) in [5.74, 6) is -0.700. The van der Waals surface area contributed by atoms with Crippen LogP contribution in [0.3, 0.4) is 0 Å². The van der Waals surface area contributed by atoms with Crippen LogP contribution in [0.4, 0.5) is 0 Å². The smallest absolute Gasteiger partial charge is 0.303 e. The zero-order valence-corrected chi connectivity index (χ0v) is 14.6. The molecule has 0 heterocycles. The molecule has 0 rings (SSSR count). The van der Waals surface area contributed by atoms with Crippen LogP contribution in [0, 0.1) is 0 Å². The second-order valence-electron chi connectivity index (χ2n) is 6.08. The molecule has 22 heavy (non-hydrogen) atoms. The van der Waals surface area contributed by atoms with Gasteiger partial charge in [0, 0.05) is 6.42 Å². The summed E-state index contributed by atoms with van der Waals surface area (Å²) in [7, 11) is 0. The van der Waals surface area contributed by atoms with Crippen LogP contribution in [0.25, 0.3) is 0 Å². The lowest BCUT2D eigenvalue weighted by atomic mass is 10.1. The van der Waals surface area contributed by atoms with Crippen LogP contribution in [0.5, 0.6) is 0 Å². The minimum atomic E-state index is -0.700. The predicted octanol–water partition coefficient (Wildman–Crippen LogP) is 6.66. The number of carbonyl (C=O) groups is 1. The molecule has 0 saturated heterocycles. The first-order valence-electron chi connectivity index (χ1n) is 9.29. The van der Waals surface area contributed by atoms with E-state index in [4.69, 9.17) is 5.11 Å². The first-order valence-corrected chi connectivity index (χ1v) is 9.29. The van der Waals surface area contributed by atoms with E-state index < -0.39 is 5.97 Å². The molecule has 0 bridgehead atoms. The standard InChI is InChI=1S/C20H36O2/c1-2-3-4-5-6-7-8-9-10-11-12-13-14-15-16-17-18-19-20(21)22/h12-13,15-16H,2-11,14,17-19H2,1H3,(H,21,22)/b13-12+,16-15+. The van der Waals surface area contributed by atoms with Gasteiger partial charge in [0.2, 0.25) is 0 Å². The summed E-state index contributed by atoms with van der Waals surface area (Å²) in [4.78, 5) is 10.3. The third-order valence-electron chi connectivity index (χ3n) is 3.84. The Morgan fingerprint density at radius 2 is 1.23 bits per heavy atom. The maximum Gasteiger partial charge on any atom is 0.303 e. The van der Waals surface area contributed by atoms with Crippen molar-refractivity contribution in [2.45, 2.75) is 96.8 Å². The minimum Gasteiger partial charge on any atom is -0.481 e. The Bertz CT molecular complexity index is 292. The lowest BCUT2D eigenvalue weighted by Crippen LogP contribution is -1.92. The fourth-order valence-electron chi connectivity index (χ4n) is 2.45. The average Bonchev–Trinajstić information content (AvgIpc) is 2.50. The minimum absolute atomic E-state index is 0.277. The largest absolute Gasteiger partial charge is 0.481 e. The zero-order chi connectivity index (χ0) is 16.3. The first kappa shape index (κ1) is 20.9. The predicted molar refractivity (Wildman–Crippen MR) is 96.2 cm³/mol. The highest BCUT2D eigenvalue weighted by Crippen LogP contribution is 2.10. The first-order chi connectivity index (χ1) is 10.8. The Morgan fingerprint density at radius 3 is 1.77 bits per heavy atom. The molecule has 0 fully saturated rings. The van der Waals surface area contributed by atoms with E-state index in [1.54, 1.807) is 0 Å². The number of hydrogen-bond donors (Lipinski definition) is 1. The third kappa shape index (κ3) is 18.9. The molecule has 0 aliphatic rings. The second kappa shape index (κ2) is 18.0. The molecular formula is C20H36O2. The number of hydrogen-bond acceptors (Lipinski definition) is 1. The highest BCUT2D eigenvalue weighted by atomic mass is 16.4. The summed E-state index contributed by atoms with van der Waals surface area (Å²) in [6.07, 6.45) is 25.3. The van der Waals surface area contributed by atoms with E-state index in [0.717, 1.165) is 19.3 Å². The van der Waals surface area contributed by atoms with Crippen molar-refractivity contribution in [2.24, 2.45) is 0 Å². The molecule has 1 N–H and O–H groups in total. The van der Waals surface area contributed by atoms with Crippen molar-refractivity contribution >= 4 is 5.97 Å². The molecule has 0 atom stereocenters. The van der Waals surface area contributed by atoms with Gasteiger partial charge in [0.1, 0.15) is 0 Å². The van der Waals surface area contributed by atoms with Gasteiger partial charge < -0.3 is 5.11 Å². The van der Waals surface area contributed by atoms with Crippen molar-refractivity contribution in [3.05, 3.63) is 24.3 Å². The van der Waals surface area contributed by atoms with Crippen molar-refractivity contribution in [1.29, 1.82) is 0 Å². The van der Waals surface area contributed by atoms with Crippen LogP contribution in [-0.2, 0) is 4.79 Å². The Kier molecular flexibility index (Phi) is 17.1. The van der Waals surface area contributed by atoms with E-state index in [1.807, 2.05) is 0 Å². The van der Waals surface area contributed by atoms with E-state index >= 15 is 0 Å². The molecule has 0 aromatic carbocycles. The van der Waals surface area contributed by atoms with Crippen molar-refractivity contribution in [2.75, 3.05) is 0 Å². The Balaban J connectivity index is 3.17. The van der Waals surface area contributed by atoms with Crippen molar-refractivity contribution in [3.63, 3.8) is 0 Å².